The van der Waals surface area contributed by atoms with E-state index in [1.165, 1.54) is 0 Å². The molecule has 1 aromatic carbocycles. The molecule has 3 N–H and O–H groups in total. The van der Waals surface area contributed by atoms with Gasteiger partial charge in [-0.2, -0.15) is 5.10 Å². The standard InChI is InChI=1S/C15H21N3O2/c1-15(2,3)7-12(9-19)17-14(20)10-4-5-13-11(6-10)8-16-18-13/h4-6,8,12,19H,7,9H2,1-3H3,(H,16,18)(H,17,20). The molecule has 20 heavy (non-hydrogen) atoms. The Hall–Kier alpha value is -1.88. The van der Waals surface area contributed by atoms with Crippen molar-refractivity contribution in [1.82, 2.24) is 15.5 Å². The van der Waals surface area contributed by atoms with Crippen LogP contribution >= 0.6 is 0 Å². The van der Waals surface area contributed by atoms with Gasteiger partial charge in [0.05, 0.1) is 24.4 Å². The number of hydrogen-bond donors (Lipinski definition) is 3. The molecule has 108 valence electrons. The van der Waals surface area contributed by atoms with E-state index < -0.39 is 0 Å². The van der Waals surface area contributed by atoms with E-state index in [-0.39, 0.29) is 24.0 Å². The summed E-state index contributed by atoms with van der Waals surface area (Å²) in [6, 6.07) is 5.14. The Bertz CT molecular complexity index is 598. The summed E-state index contributed by atoms with van der Waals surface area (Å²) in [5, 5.41) is 19.9. The Balaban J connectivity index is 2.09. The van der Waals surface area contributed by atoms with Crippen LogP contribution in [0.4, 0.5) is 0 Å². The molecule has 0 aliphatic carbocycles. The van der Waals surface area contributed by atoms with Crippen LogP contribution in [0.15, 0.2) is 24.4 Å². The first kappa shape index (κ1) is 14.5. The molecule has 0 aliphatic heterocycles. The lowest BCUT2D eigenvalue weighted by Gasteiger charge is -2.25. The number of nitrogens with one attached hydrogen (secondary N) is 2. The molecule has 0 spiro atoms. The molecule has 1 amide bonds. The Morgan fingerprint density at radius 1 is 1.45 bits per heavy atom. The van der Waals surface area contributed by atoms with Crippen molar-refractivity contribution in [3.63, 3.8) is 0 Å². The van der Waals surface area contributed by atoms with Gasteiger partial charge in [0.25, 0.3) is 5.91 Å². The van der Waals surface area contributed by atoms with Crippen molar-refractivity contribution in [3.8, 4) is 0 Å². The van der Waals surface area contributed by atoms with Gasteiger partial charge in [-0.25, -0.2) is 0 Å². The molecule has 0 saturated carbocycles. The van der Waals surface area contributed by atoms with Crippen LogP contribution in [-0.2, 0) is 0 Å². The second-order valence-corrected chi connectivity index (χ2v) is 6.29. The summed E-state index contributed by atoms with van der Waals surface area (Å²) in [7, 11) is 0. The highest BCUT2D eigenvalue weighted by molar-refractivity contribution is 5.98. The van der Waals surface area contributed by atoms with E-state index in [0.29, 0.717) is 5.56 Å². The second kappa shape index (κ2) is 5.63. The number of aromatic nitrogens is 2. The summed E-state index contributed by atoms with van der Waals surface area (Å²) in [6.07, 6.45) is 2.41. The average Bonchev–Trinajstić information content (AvgIpc) is 2.83. The molecule has 1 atom stereocenters. The van der Waals surface area contributed by atoms with Gasteiger partial charge in [-0.15, -0.1) is 0 Å². The summed E-state index contributed by atoms with van der Waals surface area (Å²) in [4.78, 5) is 12.2. The second-order valence-electron chi connectivity index (χ2n) is 6.29. The molecule has 1 unspecified atom stereocenters. The third-order valence-corrected chi connectivity index (χ3v) is 3.12. The zero-order valence-corrected chi connectivity index (χ0v) is 12.1. The van der Waals surface area contributed by atoms with Crippen molar-refractivity contribution in [3.05, 3.63) is 30.0 Å². The summed E-state index contributed by atoms with van der Waals surface area (Å²) < 4.78 is 0. The summed E-state index contributed by atoms with van der Waals surface area (Å²) >= 11 is 0. The van der Waals surface area contributed by atoms with Gasteiger partial charge in [0, 0.05) is 10.9 Å². The first-order chi connectivity index (χ1) is 9.39. The van der Waals surface area contributed by atoms with E-state index in [9.17, 15) is 9.90 Å². The van der Waals surface area contributed by atoms with Crippen LogP contribution < -0.4 is 5.32 Å². The fourth-order valence-electron chi connectivity index (χ4n) is 2.25. The van der Waals surface area contributed by atoms with Crippen molar-refractivity contribution < 1.29 is 9.90 Å². The average molecular weight is 275 g/mol. The highest BCUT2D eigenvalue weighted by Gasteiger charge is 2.20. The molecule has 0 radical (unpaired) electrons. The van der Waals surface area contributed by atoms with Crippen LogP contribution in [0.5, 0.6) is 0 Å². The fraction of sp³-hybridized carbons (Fsp3) is 0.467. The molecular weight excluding hydrogens is 254 g/mol. The van der Waals surface area contributed by atoms with Crippen LogP contribution in [-0.4, -0.2) is 33.9 Å². The minimum absolute atomic E-state index is 0.0508. The zero-order valence-electron chi connectivity index (χ0n) is 12.1. The van der Waals surface area contributed by atoms with Crippen LogP contribution in [0, 0.1) is 5.41 Å². The molecule has 0 fully saturated rings. The molecule has 0 aliphatic rings. The molecule has 1 aromatic heterocycles. The van der Waals surface area contributed by atoms with Gasteiger partial charge >= 0.3 is 0 Å². The van der Waals surface area contributed by atoms with E-state index in [4.69, 9.17) is 0 Å². The number of nitrogens with zero attached hydrogens (tertiary/aromatic N) is 1. The van der Waals surface area contributed by atoms with Gasteiger partial charge in [-0.1, -0.05) is 20.8 Å². The number of carbonyl (C=O) groups excluding carboxylic acids is 1. The van der Waals surface area contributed by atoms with Crippen molar-refractivity contribution in [2.45, 2.75) is 33.2 Å². The number of fused-ring (bicyclic) bond motifs is 1. The SMILES string of the molecule is CC(C)(C)CC(CO)NC(=O)c1ccc2[nH]ncc2c1. The molecule has 2 aromatic rings. The van der Waals surface area contributed by atoms with Crippen molar-refractivity contribution in [2.75, 3.05) is 6.61 Å². The monoisotopic (exact) mass is 275 g/mol. The molecule has 5 nitrogen and oxygen atoms in total. The van der Waals surface area contributed by atoms with E-state index in [1.54, 1.807) is 18.3 Å². The number of H-pyrrole nitrogens is 1. The topological polar surface area (TPSA) is 78.0 Å². The maximum Gasteiger partial charge on any atom is 0.251 e. The van der Waals surface area contributed by atoms with Crippen molar-refractivity contribution >= 4 is 16.8 Å². The maximum atomic E-state index is 12.2. The summed E-state index contributed by atoms with van der Waals surface area (Å²) in [6.45, 7) is 6.19. The number of rotatable bonds is 4. The highest BCUT2D eigenvalue weighted by atomic mass is 16.3. The molecule has 5 heteroatoms. The van der Waals surface area contributed by atoms with Crippen LogP contribution in [0.2, 0.25) is 0 Å². The first-order valence-electron chi connectivity index (χ1n) is 6.74. The van der Waals surface area contributed by atoms with Crippen LogP contribution in [0.1, 0.15) is 37.6 Å². The summed E-state index contributed by atoms with van der Waals surface area (Å²) in [5.41, 5.74) is 1.52. The number of aliphatic hydroxyl groups is 1. The Morgan fingerprint density at radius 2 is 2.20 bits per heavy atom. The number of benzene rings is 1. The quantitative estimate of drug-likeness (QED) is 0.799. The lowest BCUT2D eigenvalue weighted by Crippen LogP contribution is -2.40. The molecule has 0 saturated heterocycles. The Labute approximate surface area is 118 Å². The minimum atomic E-state index is -0.234. The fourth-order valence-corrected chi connectivity index (χ4v) is 2.25. The summed E-state index contributed by atoms with van der Waals surface area (Å²) in [5.74, 6) is -0.170. The van der Waals surface area contributed by atoms with E-state index in [1.807, 2.05) is 6.07 Å². The zero-order chi connectivity index (χ0) is 14.8. The third kappa shape index (κ3) is 3.57. The van der Waals surface area contributed by atoms with Gasteiger partial charge in [0.2, 0.25) is 0 Å². The van der Waals surface area contributed by atoms with Gasteiger partial charge < -0.3 is 10.4 Å². The van der Waals surface area contributed by atoms with Gasteiger partial charge in [-0.05, 0) is 30.0 Å². The van der Waals surface area contributed by atoms with Gasteiger partial charge in [0.1, 0.15) is 0 Å². The van der Waals surface area contributed by atoms with Crippen molar-refractivity contribution in [1.29, 1.82) is 0 Å². The predicted molar refractivity (Wildman–Crippen MR) is 78.5 cm³/mol. The van der Waals surface area contributed by atoms with E-state index in [2.05, 4.69) is 36.3 Å². The number of hydrogen-bond acceptors (Lipinski definition) is 3. The maximum absolute atomic E-state index is 12.2. The normalized spacial score (nSPS) is 13.4. The number of amides is 1. The molecule has 2 rings (SSSR count). The predicted octanol–water partition coefficient (Wildman–Crippen LogP) is 2.09. The number of aromatic amines is 1. The third-order valence-electron chi connectivity index (χ3n) is 3.12. The largest absolute Gasteiger partial charge is 0.394 e. The lowest BCUT2D eigenvalue weighted by atomic mass is 9.88. The molecule has 1 heterocycles. The van der Waals surface area contributed by atoms with Crippen LogP contribution in [0.25, 0.3) is 10.9 Å². The minimum Gasteiger partial charge on any atom is -0.394 e. The Morgan fingerprint density at radius 3 is 2.85 bits per heavy atom. The smallest absolute Gasteiger partial charge is 0.251 e. The van der Waals surface area contributed by atoms with Gasteiger partial charge in [-0.3, -0.25) is 9.89 Å². The molecular formula is C15H21N3O2. The number of carbonyl (C=O) groups is 1. The van der Waals surface area contributed by atoms with Gasteiger partial charge in [0.15, 0.2) is 0 Å². The van der Waals surface area contributed by atoms with E-state index >= 15 is 0 Å². The van der Waals surface area contributed by atoms with Crippen LogP contribution in [0.3, 0.4) is 0 Å². The molecule has 0 bridgehead atoms. The number of aliphatic hydroxyl groups excluding tert-OH is 1. The van der Waals surface area contributed by atoms with E-state index in [0.717, 1.165) is 17.3 Å². The Kier molecular flexibility index (Phi) is 4.09. The highest BCUT2D eigenvalue weighted by Crippen LogP contribution is 2.21. The van der Waals surface area contributed by atoms with Crippen molar-refractivity contribution in [2.24, 2.45) is 5.41 Å². The first-order valence-corrected chi connectivity index (χ1v) is 6.74. The lowest BCUT2D eigenvalue weighted by molar-refractivity contribution is 0.0898.